The van der Waals surface area contributed by atoms with Crippen molar-refractivity contribution in [3.8, 4) is 5.75 Å². The largest absolute Gasteiger partial charge is 0.489 e. The fraction of sp³-hybridized carbons (Fsp3) is 0.368. The van der Waals surface area contributed by atoms with E-state index in [0.717, 1.165) is 38.5 Å². The summed E-state index contributed by atoms with van der Waals surface area (Å²) in [6.07, 6.45) is 1.22. The van der Waals surface area contributed by atoms with E-state index in [-0.39, 0.29) is 0 Å². The van der Waals surface area contributed by atoms with Gasteiger partial charge in [-0.25, -0.2) is 0 Å². The van der Waals surface area contributed by atoms with Crippen molar-refractivity contribution in [2.45, 2.75) is 19.6 Å². The Labute approximate surface area is 132 Å². The molecule has 1 fully saturated rings. The van der Waals surface area contributed by atoms with Gasteiger partial charge in [0.15, 0.2) is 0 Å². The lowest BCUT2D eigenvalue weighted by Gasteiger charge is -2.21. The molecule has 22 heavy (non-hydrogen) atoms. The molecule has 116 valence electrons. The van der Waals surface area contributed by atoms with Gasteiger partial charge in [-0.2, -0.15) is 0 Å². The molecule has 2 aromatic carbocycles. The molecule has 1 N–H and O–H groups in total. The molecule has 0 spiro atoms. The molecule has 0 amide bonds. The molecule has 3 rings (SSSR count). The average molecular weight is 296 g/mol. The van der Waals surface area contributed by atoms with E-state index < -0.39 is 0 Å². The van der Waals surface area contributed by atoms with Crippen LogP contribution < -0.4 is 10.1 Å². The highest BCUT2D eigenvalue weighted by molar-refractivity contribution is 5.33. The van der Waals surface area contributed by atoms with Gasteiger partial charge in [0.25, 0.3) is 0 Å². The molecule has 0 radical (unpaired) electrons. The number of hydrogen-bond acceptors (Lipinski definition) is 3. The molecular formula is C19H24N2O. The van der Waals surface area contributed by atoms with Crippen molar-refractivity contribution in [2.24, 2.45) is 0 Å². The van der Waals surface area contributed by atoms with Gasteiger partial charge in [0.1, 0.15) is 12.4 Å². The lowest BCUT2D eigenvalue weighted by molar-refractivity contribution is 0.266. The Morgan fingerprint density at radius 1 is 0.909 bits per heavy atom. The molecule has 0 bridgehead atoms. The van der Waals surface area contributed by atoms with Crippen LogP contribution >= 0.6 is 0 Å². The van der Waals surface area contributed by atoms with Gasteiger partial charge in [-0.15, -0.1) is 0 Å². The fourth-order valence-electron chi connectivity index (χ4n) is 2.81. The van der Waals surface area contributed by atoms with Crippen LogP contribution in [0, 0.1) is 0 Å². The summed E-state index contributed by atoms with van der Waals surface area (Å²) >= 11 is 0. The SMILES string of the molecule is c1ccc(COc2ccccc2CN2CCCNCC2)cc1. The number of rotatable bonds is 5. The Morgan fingerprint density at radius 3 is 2.64 bits per heavy atom. The van der Waals surface area contributed by atoms with E-state index in [9.17, 15) is 0 Å². The molecule has 1 aliphatic heterocycles. The minimum atomic E-state index is 0.624. The summed E-state index contributed by atoms with van der Waals surface area (Å²) in [7, 11) is 0. The Morgan fingerprint density at radius 2 is 1.73 bits per heavy atom. The molecule has 0 aromatic heterocycles. The topological polar surface area (TPSA) is 24.5 Å². The minimum Gasteiger partial charge on any atom is -0.489 e. The Hall–Kier alpha value is -1.84. The molecule has 2 aromatic rings. The maximum absolute atomic E-state index is 6.05. The number of hydrogen-bond donors (Lipinski definition) is 1. The second-order valence-electron chi connectivity index (χ2n) is 5.76. The summed E-state index contributed by atoms with van der Waals surface area (Å²) in [5.74, 6) is 1.00. The van der Waals surface area contributed by atoms with Gasteiger partial charge in [-0.3, -0.25) is 4.90 Å². The first-order valence-corrected chi connectivity index (χ1v) is 8.09. The van der Waals surface area contributed by atoms with E-state index in [1.807, 2.05) is 12.1 Å². The predicted molar refractivity (Wildman–Crippen MR) is 90.0 cm³/mol. The van der Waals surface area contributed by atoms with Crippen LogP contribution in [0.3, 0.4) is 0 Å². The molecule has 3 nitrogen and oxygen atoms in total. The highest BCUT2D eigenvalue weighted by Gasteiger charge is 2.11. The van der Waals surface area contributed by atoms with E-state index in [4.69, 9.17) is 4.74 Å². The quantitative estimate of drug-likeness (QED) is 0.918. The number of benzene rings is 2. The van der Waals surface area contributed by atoms with Crippen molar-refractivity contribution in [2.75, 3.05) is 26.2 Å². The standard InChI is InChI=1S/C19H24N2O/c1-2-7-17(8-3-1)16-22-19-10-5-4-9-18(19)15-21-13-6-11-20-12-14-21/h1-5,7-10,20H,6,11-16H2. The molecule has 3 heteroatoms. The van der Waals surface area contributed by atoms with Crippen molar-refractivity contribution < 1.29 is 4.74 Å². The molecule has 0 aliphatic carbocycles. The number of para-hydroxylation sites is 1. The molecule has 1 saturated heterocycles. The van der Waals surface area contributed by atoms with Crippen molar-refractivity contribution in [3.63, 3.8) is 0 Å². The van der Waals surface area contributed by atoms with Gasteiger partial charge in [-0.05, 0) is 31.1 Å². The summed E-state index contributed by atoms with van der Waals surface area (Å²) in [5.41, 5.74) is 2.48. The van der Waals surface area contributed by atoms with Crippen LogP contribution in [-0.4, -0.2) is 31.1 Å². The maximum Gasteiger partial charge on any atom is 0.124 e. The van der Waals surface area contributed by atoms with Crippen LogP contribution in [0.4, 0.5) is 0 Å². The van der Waals surface area contributed by atoms with Crippen LogP contribution in [0.5, 0.6) is 5.75 Å². The predicted octanol–water partition coefficient (Wildman–Crippen LogP) is 3.06. The van der Waals surface area contributed by atoms with Crippen molar-refractivity contribution >= 4 is 0 Å². The Kier molecular flexibility index (Phi) is 5.46. The third-order valence-corrected chi connectivity index (χ3v) is 4.04. The van der Waals surface area contributed by atoms with Crippen LogP contribution in [0.25, 0.3) is 0 Å². The third-order valence-electron chi connectivity index (χ3n) is 4.04. The number of nitrogens with one attached hydrogen (secondary N) is 1. The van der Waals surface area contributed by atoms with Crippen LogP contribution in [-0.2, 0) is 13.2 Å². The molecular weight excluding hydrogens is 272 g/mol. The van der Waals surface area contributed by atoms with Crippen LogP contribution in [0.1, 0.15) is 17.5 Å². The minimum absolute atomic E-state index is 0.624. The lowest BCUT2D eigenvalue weighted by Crippen LogP contribution is -2.27. The molecule has 0 unspecified atom stereocenters. The van der Waals surface area contributed by atoms with Gasteiger partial charge >= 0.3 is 0 Å². The molecule has 1 aliphatic rings. The van der Waals surface area contributed by atoms with Gasteiger partial charge in [0.2, 0.25) is 0 Å². The number of ether oxygens (including phenoxy) is 1. The first kappa shape index (κ1) is 15.1. The first-order chi connectivity index (χ1) is 10.9. The van der Waals surface area contributed by atoms with Gasteiger partial charge in [-0.1, -0.05) is 48.5 Å². The van der Waals surface area contributed by atoms with E-state index >= 15 is 0 Å². The van der Waals surface area contributed by atoms with Gasteiger partial charge in [0, 0.05) is 25.2 Å². The highest BCUT2D eigenvalue weighted by Crippen LogP contribution is 2.21. The Bertz CT molecular complexity index is 563. The van der Waals surface area contributed by atoms with Gasteiger partial charge in [0.05, 0.1) is 0 Å². The monoisotopic (exact) mass is 296 g/mol. The highest BCUT2D eigenvalue weighted by atomic mass is 16.5. The summed E-state index contributed by atoms with van der Waals surface area (Å²) in [6, 6.07) is 18.7. The van der Waals surface area contributed by atoms with Crippen LogP contribution in [0.15, 0.2) is 54.6 Å². The first-order valence-electron chi connectivity index (χ1n) is 8.09. The van der Waals surface area contributed by atoms with Crippen molar-refractivity contribution in [3.05, 3.63) is 65.7 Å². The summed E-state index contributed by atoms with van der Waals surface area (Å²) in [4.78, 5) is 2.50. The van der Waals surface area contributed by atoms with Gasteiger partial charge < -0.3 is 10.1 Å². The smallest absolute Gasteiger partial charge is 0.124 e. The summed E-state index contributed by atoms with van der Waals surface area (Å²) in [6.45, 7) is 6.05. The van der Waals surface area contributed by atoms with E-state index in [1.54, 1.807) is 0 Å². The zero-order valence-corrected chi connectivity index (χ0v) is 13.0. The summed E-state index contributed by atoms with van der Waals surface area (Å²) < 4.78 is 6.05. The van der Waals surface area contributed by atoms with Crippen LogP contribution in [0.2, 0.25) is 0 Å². The normalized spacial score (nSPS) is 16.2. The maximum atomic E-state index is 6.05. The molecule has 0 saturated carbocycles. The van der Waals surface area contributed by atoms with E-state index in [2.05, 4.69) is 52.7 Å². The zero-order valence-electron chi connectivity index (χ0n) is 13.0. The number of nitrogens with zero attached hydrogens (tertiary/aromatic N) is 1. The van der Waals surface area contributed by atoms with Crippen molar-refractivity contribution in [1.29, 1.82) is 0 Å². The lowest BCUT2D eigenvalue weighted by atomic mass is 10.1. The Balaban J connectivity index is 1.64. The second kappa shape index (κ2) is 7.97. The summed E-state index contributed by atoms with van der Waals surface area (Å²) in [5, 5.41) is 3.45. The average Bonchev–Trinajstić information content (AvgIpc) is 2.84. The third kappa shape index (κ3) is 4.33. The zero-order chi connectivity index (χ0) is 15.0. The van der Waals surface area contributed by atoms with Crippen molar-refractivity contribution in [1.82, 2.24) is 10.2 Å². The van der Waals surface area contributed by atoms with E-state index in [0.29, 0.717) is 6.61 Å². The molecule has 0 atom stereocenters. The molecule has 1 heterocycles. The second-order valence-corrected chi connectivity index (χ2v) is 5.76. The van der Waals surface area contributed by atoms with E-state index in [1.165, 1.54) is 17.5 Å². The fourth-order valence-corrected chi connectivity index (χ4v) is 2.81.